The molecule has 2 N–H and O–H groups in total. The molecule has 0 fully saturated rings. The van der Waals surface area contributed by atoms with Crippen molar-refractivity contribution >= 4 is 17.6 Å². The largest absolute Gasteiger partial charge is 0.507 e. The van der Waals surface area contributed by atoms with Crippen molar-refractivity contribution in [3.63, 3.8) is 0 Å². The second-order valence-corrected chi connectivity index (χ2v) is 4.16. The minimum Gasteiger partial charge on any atom is -0.507 e. The summed E-state index contributed by atoms with van der Waals surface area (Å²) in [5, 5.41) is 12.0. The Morgan fingerprint density at radius 2 is 1.90 bits per heavy atom. The highest BCUT2D eigenvalue weighted by Gasteiger charge is 2.17. The van der Waals surface area contributed by atoms with Crippen LogP contribution in [0.5, 0.6) is 5.75 Å². The summed E-state index contributed by atoms with van der Waals surface area (Å²) in [7, 11) is 1.24. The molecule has 1 amide bonds. The summed E-state index contributed by atoms with van der Waals surface area (Å²) >= 11 is 0. The molecule has 0 aliphatic heterocycles. The van der Waals surface area contributed by atoms with Crippen LogP contribution in [0.1, 0.15) is 20.7 Å². The molecule has 0 unspecified atom stereocenters. The smallest absolute Gasteiger partial charge is 0.337 e. The van der Waals surface area contributed by atoms with Crippen LogP contribution >= 0.6 is 0 Å². The highest BCUT2D eigenvalue weighted by atomic mass is 19.1. The Bertz CT molecular complexity index is 680. The van der Waals surface area contributed by atoms with E-state index in [2.05, 4.69) is 10.1 Å². The number of hydrogen-bond acceptors (Lipinski definition) is 4. The topological polar surface area (TPSA) is 75.6 Å². The van der Waals surface area contributed by atoms with Gasteiger partial charge in [-0.3, -0.25) is 4.79 Å². The molecule has 6 heteroatoms. The first-order valence-electron chi connectivity index (χ1n) is 6.00. The molecule has 0 aromatic heterocycles. The van der Waals surface area contributed by atoms with Gasteiger partial charge in [-0.05, 0) is 30.3 Å². The lowest BCUT2D eigenvalue weighted by molar-refractivity contribution is 0.0600. The van der Waals surface area contributed by atoms with E-state index >= 15 is 0 Å². The number of rotatable bonds is 3. The number of phenols is 1. The van der Waals surface area contributed by atoms with E-state index in [-0.39, 0.29) is 11.3 Å². The molecule has 0 saturated carbocycles. The van der Waals surface area contributed by atoms with Gasteiger partial charge in [-0.1, -0.05) is 12.1 Å². The average molecular weight is 289 g/mol. The van der Waals surface area contributed by atoms with E-state index in [1.54, 1.807) is 6.07 Å². The van der Waals surface area contributed by atoms with Gasteiger partial charge in [0.25, 0.3) is 5.91 Å². The lowest BCUT2D eigenvalue weighted by Crippen LogP contribution is -2.14. The SMILES string of the molecule is COC(=O)c1cccc(NC(=O)c2c(O)cccc2F)c1. The van der Waals surface area contributed by atoms with Gasteiger partial charge in [0.15, 0.2) is 0 Å². The number of phenolic OH excluding ortho intramolecular Hbond substituents is 1. The zero-order valence-corrected chi connectivity index (χ0v) is 11.1. The maximum absolute atomic E-state index is 13.6. The lowest BCUT2D eigenvalue weighted by Gasteiger charge is -2.08. The van der Waals surface area contributed by atoms with Crippen LogP contribution in [0.4, 0.5) is 10.1 Å². The molecule has 0 aliphatic carbocycles. The Balaban J connectivity index is 2.26. The van der Waals surface area contributed by atoms with Gasteiger partial charge >= 0.3 is 5.97 Å². The maximum atomic E-state index is 13.6. The number of nitrogens with one attached hydrogen (secondary N) is 1. The van der Waals surface area contributed by atoms with Crippen LogP contribution in [-0.4, -0.2) is 24.1 Å². The highest BCUT2D eigenvalue weighted by Crippen LogP contribution is 2.21. The molecule has 21 heavy (non-hydrogen) atoms. The van der Waals surface area contributed by atoms with E-state index in [1.807, 2.05) is 0 Å². The summed E-state index contributed by atoms with van der Waals surface area (Å²) < 4.78 is 18.1. The van der Waals surface area contributed by atoms with Crippen LogP contribution in [-0.2, 0) is 4.74 Å². The summed E-state index contributed by atoms with van der Waals surface area (Å²) in [4.78, 5) is 23.4. The third kappa shape index (κ3) is 3.17. The van der Waals surface area contributed by atoms with Crippen molar-refractivity contribution in [3.05, 3.63) is 59.4 Å². The molecular weight excluding hydrogens is 277 g/mol. The average Bonchev–Trinajstić information content (AvgIpc) is 2.46. The molecule has 2 rings (SSSR count). The summed E-state index contributed by atoms with van der Waals surface area (Å²) in [6, 6.07) is 9.55. The van der Waals surface area contributed by atoms with Crippen LogP contribution in [0.2, 0.25) is 0 Å². The number of ether oxygens (including phenoxy) is 1. The van der Waals surface area contributed by atoms with E-state index in [0.717, 1.165) is 6.07 Å². The third-order valence-electron chi connectivity index (χ3n) is 2.76. The number of anilines is 1. The standard InChI is InChI=1S/C15H12FNO4/c1-21-15(20)9-4-2-5-10(8-9)17-14(19)13-11(16)6-3-7-12(13)18/h2-8,18H,1H3,(H,17,19). The van der Waals surface area contributed by atoms with Crippen LogP contribution in [0.15, 0.2) is 42.5 Å². The Morgan fingerprint density at radius 3 is 2.57 bits per heavy atom. The second-order valence-electron chi connectivity index (χ2n) is 4.16. The fourth-order valence-electron chi connectivity index (χ4n) is 1.77. The molecular formula is C15H12FNO4. The molecule has 108 valence electrons. The summed E-state index contributed by atoms with van der Waals surface area (Å²) in [6.07, 6.45) is 0. The Kier molecular flexibility index (Phi) is 4.18. The number of halogens is 1. The van der Waals surface area contributed by atoms with Crippen LogP contribution in [0, 0.1) is 5.82 Å². The molecule has 0 spiro atoms. The van der Waals surface area contributed by atoms with Crippen LogP contribution < -0.4 is 5.32 Å². The molecule has 0 aliphatic rings. The number of methoxy groups -OCH3 is 1. The van der Waals surface area contributed by atoms with Crippen LogP contribution in [0.3, 0.4) is 0 Å². The van der Waals surface area contributed by atoms with Crippen molar-refractivity contribution in [2.45, 2.75) is 0 Å². The first kappa shape index (κ1) is 14.5. The molecule has 0 radical (unpaired) electrons. The first-order chi connectivity index (χ1) is 10.0. The fraction of sp³-hybridized carbons (Fsp3) is 0.0667. The van der Waals surface area contributed by atoms with Crippen molar-refractivity contribution in [1.29, 1.82) is 0 Å². The van der Waals surface area contributed by atoms with Gasteiger partial charge in [0.2, 0.25) is 0 Å². The van der Waals surface area contributed by atoms with Gasteiger partial charge in [-0.15, -0.1) is 0 Å². The zero-order valence-electron chi connectivity index (χ0n) is 11.1. The number of amides is 1. The van der Waals surface area contributed by atoms with Gasteiger partial charge in [0.05, 0.1) is 12.7 Å². The van der Waals surface area contributed by atoms with Crippen LogP contribution in [0.25, 0.3) is 0 Å². The Morgan fingerprint density at radius 1 is 1.19 bits per heavy atom. The Labute approximate surface area is 120 Å². The monoisotopic (exact) mass is 289 g/mol. The van der Waals surface area contributed by atoms with E-state index in [9.17, 15) is 19.1 Å². The lowest BCUT2D eigenvalue weighted by atomic mass is 10.1. The maximum Gasteiger partial charge on any atom is 0.337 e. The fourth-order valence-corrected chi connectivity index (χ4v) is 1.77. The number of hydrogen-bond donors (Lipinski definition) is 2. The zero-order chi connectivity index (χ0) is 15.4. The number of aromatic hydroxyl groups is 1. The number of esters is 1. The first-order valence-corrected chi connectivity index (χ1v) is 6.00. The summed E-state index contributed by atoms with van der Waals surface area (Å²) in [5.74, 6) is -2.67. The van der Waals surface area contributed by atoms with E-state index in [4.69, 9.17) is 0 Å². The van der Waals surface area contributed by atoms with Crippen molar-refractivity contribution in [1.82, 2.24) is 0 Å². The number of carbonyl (C=O) groups is 2. The second kappa shape index (κ2) is 6.04. The van der Waals surface area contributed by atoms with Gasteiger partial charge in [-0.25, -0.2) is 9.18 Å². The van der Waals surface area contributed by atoms with Crippen molar-refractivity contribution in [2.24, 2.45) is 0 Å². The van der Waals surface area contributed by atoms with Gasteiger partial charge in [0.1, 0.15) is 17.1 Å². The van der Waals surface area contributed by atoms with Gasteiger partial charge < -0.3 is 15.2 Å². The summed E-state index contributed by atoms with van der Waals surface area (Å²) in [5.41, 5.74) is 0.0691. The molecule has 2 aromatic carbocycles. The van der Waals surface area contributed by atoms with Crippen molar-refractivity contribution < 1.29 is 23.8 Å². The number of carbonyl (C=O) groups excluding carboxylic acids is 2. The highest BCUT2D eigenvalue weighted by molar-refractivity contribution is 6.06. The predicted molar refractivity (Wildman–Crippen MR) is 73.8 cm³/mol. The Hall–Kier alpha value is -2.89. The van der Waals surface area contributed by atoms with E-state index in [0.29, 0.717) is 0 Å². The quantitative estimate of drug-likeness (QED) is 0.851. The van der Waals surface area contributed by atoms with Crippen molar-refractivity contribution in [3.8, 4) is 5.75 Å². The minimum absolute atomic E-state index is 0.244. The van der Waals surface area contributed by atoms with Gasteiger partial charge in [-0.2, -0.15) is 0 Å². The molecule has 5 nitrogen and oxygen atoms in total. The van der Waals surface area contributed by atoms with Crippen molar-refractivity contribution in [2.75, 3.05) is 12.4 Å². The molecule has 0 heterocycles. The van der Waals surface area contributed by atoms with Gasteiger partial charge in [0, 0.05) is 5.69 Å². The molecule has 0 saturated heterocycles. The summed E-state index contributed by atoms with van der Waals surface area (Å²) in [6.45, 7) is 0. The van der Waals surface area contributed by atoms with E-state index in [1.165, 1.54) is 37.4 Å². The predicted octanol–water partition coefficient (Wildman–Crippen LogP) is 2.57. The minimum atomic E-state index is -0.836. The third-order valence-corrected chi connectivity index (χ3v) is 2.76. The molecule has 0 bridgehead atoms. The molecule has 0 atom stereocenters. The normalized spacial score (nSPS) is 10.0. The number of benzene rings is 2. The van der Waals surface area contributed by atoms with E-state index < -0.39 is 29.0 Å². The molecule has 2 aromatic rings.